The number of carboxylic acids is 1. The normalized spacial score (nSPS) is 22.8. The van der Waals surface area contributed by atoms with E-state index in [4.69, 9.17) is 66.6 Å². The Hall–Kier alpha value is -6.26. The van der Waals surface area contributed by atoms with Gasteiger partial charge in [-0.05, 0) is 112 Å². The molecule has 1 aliphatic heterocycles. The number of nitrogens with two attached hydrogens (primary N) is 9. The molecule has 10 rings (SSSR count). The van der Waals surface area contributed by atoms with Gasteiger partial charge in [0.2, 0.25) is 5.60 Å². The molecule has 496 valence electrons. The summed E-state index contributed by atoms with van der Waals surface area (Å²) in [6, 6.07) is 58.3. The van der Waals surface area contributed by atoms with E-state index in [0.29, 0.717) is 18.9 Å². The molecule has 3 saturated carbocycles. The highest BCUT2D eigenvalue weighted by molar-refractivity contribution is 5.92. The van der Waals surface area contributed by atoms with Crippen LogP contribution in [0.2, 0.25) is 0 Å². The first-order valence-corrected chi connectivity index (χ1v) is 31.9. The Bertz CT molecular complexity index is 2660. The number of ether oxygens (including phenoxy) is 1. The van der Waals surface area contributed by atoms with E-state index in [9.17, 15) is 24.9 Å². The maximum Gasteiger partial charge on any atom is 0.348 e. The van der Waals surface area contributed by atoms with E-state index in [1.807, 2.05) is 189 Å². The predicted molar refractivity (Wildman–Crippen MR) is 365 cm³/mol. The summed E-state index contributed by atoms with van der Waals surface area (Å²) in [7, 11) is 0. The van der Waals surface area contributed by atoms with Crippen molar-refractivity contribution in [1.29, 1.82) is 0 Å². The molecule has 17 nitrogen and oxygen atoms in total. The SMILES string of the molecule is CC1(C)[C@@]2(C)CC[C@@]1(C(=O)O)OC2=O.C[C@@H](N)[C@@H](O)c1ccccc1.C[C@@H](O)[C@H](N)CO.C[C@H](N)C1CCCCC1.C[C@H](N)c1ccccc1.N[C@@H]1CCCC[C@H]1N.N[C@H](c1ccccc1)[C@@H](O)c1ccccc1.N[C@H](c1ccccc1)[C@H](N)c1ccccc1. The third-order valence-electron chi connectivity index (χ3n) is 17.9. The van der Waals surface area contributed by atoms with Crippen LogP contribution in [0.3, 0.4) is 0 Å². The van der Waals surface area contributed by atoms with Crippen molar-refractivity contribution in [3.05, 3.63) is 215 Å². The minimum atomic E-state index is -1.29. The van der Waals surface area contributed by atoms with E-state index < -0.39 is 46.8 Å². The fourth-order valence-corrected chi connectivity index (χ4v) is 10.9. The molecule has 90 heavy (non-hydrogen) atoms. The third-order valence-corrected chi connectivity index (χ3v) is 17.9. The molecule has 0 spiro atoms. The number of aliphatic hydroxyl groups is 4. The van der Waals surface area contributed by atoms with Crippen LogP contribution in [0.5, 0.6) is 0 Å². The molecule has 6 aromatic carbocycles. The number of esters is 1. The van der Waals surface area contributed by atoms with Crippen LogP contribution in [0, 0.1) is 16.7 Å². The molecular formula is C73H111N9O8. The smallest absolute Gasteiger partial charge is 0.348 e. The summed E-state index contributed by atoms with van der Waals surface area (Å²) in [5, 5.41) is 45.5. The van der Waals surface area contributed by atoms with Crippen LogP contribution in [0.15, 0.2) is 182 Å². The first-order valence-electron chi connectivity index (χ1n) is 31.9. The number of carbonyl (C=O) groups is 2. The molecule has 4 aliphatic rings. The second-order valence-corrected chi connectivity index (χ2v) is 25.0. The van der Waals surface area contributed by atoms with Crippen LogP contribution in [-0.4, -0.2) is 86.0 Å². The summed E-state index contributed by atoms with van der Waals surface area (Å²) in [5.41, 5.74) is 55.1. The van der Waals surface area contributed by atoms with E-state index in [0.717, 1.165) is 46.6 Å². The van der Waals surface area contributed by atoms with Crippen molar-refractivity contribution in [3.63, 3.8) is 0 Å². The van der Waals surface area contributed by atoms with E-state index in [1.165, 1.54) is 50.5 Å². The fourth-order valence-electron chi connectivity index (χ4n) is 10.9. The van der Waals surface area contributed by atoms with Crippen molar-refractivity contribution in [2.24, 2.45) is 68.4 Å². The van der Waals surface area contributed by atoms with Crippen LogP contribution >= 0.6 is 0 Å². The van der Waals surface area contributed by atoms with Crippen molar-refractivity contribution in [2.75, 3.05) is 6.61 Å². The zero-order valence-electron chi connectivity index (χ0n) is 54.5. The number of rotatable bonds is 13. The maximum atomic E-state index is 11.6. The van der Waals surface area contributed by atoms with E-state index in [2.05, 4.69) is 6.92 Å². The highest BCUT2D eigenvalue weighted by Crippen LogP contribution is 2.65. The standard InChI is InChI=1S/C14H16N2.C14H15NO.C10H14O4.C9H13NO.C8H17N.C8H11N.C6H14N2.C4H11NO2/c2*15-13(11-7-3-1-4-8-11)14(16)12-9-5-2-6-10-12;1-8(2)9(3)4-5-10(8,6(11)12)14-7(9)13;1-7(10)9(11)8-5-3-2-4-6-8;2*1-7(9)8-5-3-2-4-6-8;7-5-3-1-2-4-6(5)8;1-3(7)4(5)2-6/h1-10,13-14H,15-16H2;1-10,13-14,16H,15H2;4-5H2,1-3H3,(H,11,12);2-7,9,11H,10H2,1H3;7-8H,2-6,9H2,1H3;2-7H,9H2,1H3;5-6H,1-4,7-8H2;3-4,6-7H,2,5H2,1H3/t13-,14-;13-,14+;9-,10-;7-,9-;2*7-;5-,6-;3-,4-/m11010011/s1. The Balaban J connectivity index is 0.000000273. The average Bonchev–Trinajstić information content (AvgIpc) is 1.53. The van der Waals surface area contributed by atoms with Crippen molar-refractivity contribution in [2.45, 2.75) is 197 Å². The molecule has 1 heterocycles. The lowest BCUT2D eigenvalue weighted by Gasteiger charge is -2.32. The van der Waals surface area contributed by atoms with Gasteiger partial charge in [0.15, 0.2) is 0 Å². The van der Waals surface area contributed by atoms with Crippen molar-refractivity contribution in [3.8, 4) is 0 Å². The van der Waals surface area contributed by atoms with Gasteiger partial charge in [-0.25, -0.2) is 4.79 Å². The molecular weight excluding hydrogens is 1130 g/mol. The molecule has 0 amide bonds. The summed E-state index contributed by atoms with van der Waals surface area (Å²) in [6.45, 7) is 12.7. The number of fused-ring (bicyclic) bond motifs is 2. The number of hydrogen-bond acceptors (Lipinski definition) is 16. The molecule has 6 aromatic rings. The highest BCUT2D eigenvalue weighted by atomic mass is 16.6. The van der Waals surface area contributed by atoms with Crippen LogP contribution < -0.4 is 51.6 Å². The number of carboxylic acid groups (broad SMARTS) is 1. The number of aliphatic carboxylic acids is 1. The zero-order valence-corrected chi connectivity index (χ0v) is 54.5. The molecule has 0 aromatic heterocycles. The zero-order chi connectivity index (χ0) is 67.0. The Morgan fingerprint density at radius 3 is 1.06 bits per heavy atom. The van der Waals surface area contributed by atoms with Crippen molar-refractivity contribution >= 4 is 11.9 Å². The highest BCUT2D eigenvalue weighted by Gasteiger charge is 2.76. The summed E-state index contributed by atoms with van der Waals surface area (Å²) >= 11 is 0. The Morgan fingerprint density at radius 2 is 0.822 bits per heavy atom. The van der Waals surface area contributed by atoms with Crippen molar-refractivity contribution < 1.29 is 39.9 Å². The average molecular weight is 1240 g/mol. The lowest BCUT2D eigenvalue weighted by Crippen LogP contribution is -2.47. The van der Waals surface area contributed by atoms with Crippen LogP contribution in [-0.2, 0) is 14.3 Å². The van der Waals surface area contributed by atoms with Crippen LogP contribution in [0.25, 0.3) is 0 Å². The van der Waals surface area contributed by atoms with Gasteiger partial charge in [-0.3, -0.25) is 4.79 Å². The second-order valence-electron chi connectivity index (χ2n) is 25.0. The van der Waals surface area contributed by atoms with E-state index >= 15 is 0 Å². The lowest BCUT2D eigenvalue weighted by atomic mass is 9.66. The Morgan fingerprint density at radius 1 is 0.489 bits per heavy atom. The molecule has 1 saturated heterocycles. The molecule has 0 unspecified atom stereocenters. The Labute approximate surface area is 537 Å². The molecule has 3 aliphatic carbocycles. The van der Waals surface area contributed by atoms with Gasteiger partial charge in [0, 0.05) is 47.7 Å². The number of aliphatic hydroxyl groups excluding tert-OH is 4. The summed E-state index contributed by atoms with van der Waals surface area (Å²) in [6.07, 6.45) is 11.0. The molecule has 14 atom stereocenters. The first kappa shape index (κ1) is 78.0. The second kappa shape index (κ2) is 39.9. The fraction of sp³-hybridized carbons (Fsp3) is 0.479. The quantitative estimate of drug-likeness (QED) is 0.0478. The third kappa shape index (κ3) is 24.1. The molecule has 2 bridgehead atoms. The molecule has 17 heteroatoms. The van der Waals surface area contributed by atoms with E-state index in [1.54, 1.807) is 34.6 Å². The molecule has 0 radical (unpaired) electrons. The minimum absolute atomic E-state index is 0.155. The van der Waals surface area contributed by atoms with Gasteiger partial charge in [0.05, 0.1) is 42.4 Å². The van der Waals surface area contributed by atoms with Gasteiger partial charge in [-0.1, -0.05) is 228 Å². The Kier molecular flexibility index (Phi) is 34.6. The first-order chi connectivity index (χ1) is 42.7. The predicted octanol–water partition coefficient (Wildman–Crippen LogP) is 9.59. The molecule has 23 N–H and O–H groups in total. The summed E-state index contributed by atoms with van der Waals surface area (Å²) in [5.74, 6) is -0.549. The number of benzene rings is 6. The van der Waals surface area contributed by atoms with Crippen molar-refractivity contribution in [1.82, 2.24) is 0 Å². The van der Waals surface area contributed by atoms with E-state index in [-0.39, 0.29) is 54.9 Å². The largest absolute Gasteiger partial charge is 0.478 e. The van der Waals surface area contributed by atoms with Gasteiger partial charge in [-0.15, -0.1) is 0 Å². The maximum absolute atomic E-state index is 11.6. The van der Waals surface area contributed by atoms with Crippen LogP contribution in [0.4, 0.5) is 0 Å². The van der Waals surface area contributed by atoms with Gasteiger partial charge in [0.25, 0.3) is 0 Å². The minimum Gasteiger partial charge on any atom is -0.478 e. The topological polar surface area (TPSA) is 379 Å². The summed E-state index contributed by atoms with van der Waals surface area (Å²) in [4.78, 5) is 22.8. The van der Waals surface area contributed by atoms with Gasteiger partial charge in [-0.2, -0.15) is 0 Å². The van der Waals surface area contributed by atoms with Gasteiger partial charge < -0.3 is 81.9 Å². The molecule has 4 fully saturated rings. The summed E-state index contributed by atoms with van der Waals surface area (Å²) < 4.78 is 5.09. The van der Waals surface area contributed by atoms with Gasteiger partial charge >= 0.3 is 11.9 Å². The van der Waals surface area contributed by atoms with Gasteiger partial charge in [0.1, 0.15) is 0 Å². The van der Waals surface area contributed by atoms with Crippen LogP contribution in [0.1, 0.15) is 189 Å². The number of carbonyl (C=O) groups excluding carboxylic acids is 1. The number of hydrogen-bond donors (Lipinski definition) is 14. The lowest BCUT2D eigenvalue weighted by molar-refractivity contribution is -0.178. The monoisotopic (exact) mass is 1240 g/mol.